The summed E-state index contributed by atoms with van der Waals surface area (Å²) < 4.78 is 13.3. The van der Waals surface area contributed by atoms with Crippen molar-refractivity contribution in [3.8, 4) is 0 Å². The fourth-order valence-corrected chi connectivity index (χ4v) is 2.74. The van der Waals surface area contributed by atoms with Crippen LogP contribution in [-0.2, 0) is 10.2 Å². The molecule has 2 heterocycles. The molecule has 3 rings (SSSR count). The highest BCUT2D eigenvalue weighted by Crippen LogP contribution is 2.43. The van der Waals surface area contributed by atoms with Crippen LogP contribution in [0, 0.1) is 5.82 Å². The van der Waals surface area contributed by atoms with Gasteiger partial charge in [-0.2, -0.15) is 0 Å². The van der Waals surface area contributed by atoms with Crippen LogP contribution >= 0.6 is 12.4 Å². The van der Waals surface area contributed by atoms with Gasteiger partial charge in [0.05, 0.1) is 5.41 Å². The molecule has 1 saturated heterocycles. The number of fused-ring (bicyclic) bond motifs is 2. The van der Waals surface area contributed by atoms with Gasteiger partial charge in [-0.05, 0) is 49.7 Å². The number of carbonyl (C=O) groups excluding carboxylic acids is 1. The lowest BCUT2D eigenvalue weighted by atomic mass is 9.74. The van der Waals surface area contributed by atoms with Gasteiger partial charge in [0.25, 0.3) is 0 Å². The minimum Gasteiger partial charge on any atom is -0.325 e. The fraction of sp³-hybridized carbons (Fsp3) is 0.417. The Morgan fingerprint density at radius 3 is 2.65 bits per heavy atom. The van der Waals surface area contributed by atoms with Gasteiger partial charge in [-0.25, -0.2) is 4.39 Å². The van der Waals surface area contributed by atoms with Gasteiger partial charge in [0, 0.05) is 5.69 Å². The molecule has 1 aromatic carbocycles. The predicted octanol–water partition coefficient (Wildman–Crippen LogP) is 1.82. The van der Waals surface area contributed by atoms with E-state index in [-0.39, 0.29) is 24.1 Å². The molecular weight excluding hydrogens is 243 g/mol. The number of anilines is 1. The third-order valence-electron chi connectivity index (χ3n) is 3.64. The summed E-state index contributed by atoms with van der Waals surface area (Å²) in [5.41, 5.74) is 1.11. The lowest BCUT2D eigenvalue weighted by molar-refractivity contribution is -0.121. The van der Waals surface area contributed by atoms with Crippen LogP contribution in [0.15, 0.2) is 18.2 Å². The highest BCUT2D eigenvalue weighted by Gasteiger charge is 2.47. The Kier molecular flexibility index (Phi) is 3.10. The van der Waals surface area contributed by atoms with E-state index >= 15 is 0 Å². The van der Waals surface area contributed by atoms with Crippen molar-refractivity contribution < 1.29 is 9.18 Å². The first-order chi connectivity index (χ1) is 7.72. The average molecular weight is 257 g/mol. The molecule has 0 bridgehead atoms. The average Bonchev–Trinajstić information content (AvgIpc) is 2.55. The Morgan fingerprint density at radius 2 is 1.94 bits per heavy atom. The third kappa shape index (κ3) is 1.72. The van der Waals surface area contributed by atoms with Crippen molar-refractivity contribution in [3.05, 3.63) is 29.6 Å². The van der Waals surface area contributed by atoms with E-state index in [1.54, 1.807) is 6.07 Å². The van der Waals surface area contributed by atoms with Crippen LogP contribution in [0.1, 0.15) is 18.4 Å². The van der Waals surface area contributed by atoms with Gasteiger partial charge in [0.2, 0.25) is 5.91 Å². The summed E-state index contributed by atoms with van der Waals surface area (Å²) in [6, 6.07) is 4.54. The molecule has 1 spiro atoms. The highest BCUT2D eigenvalue weighted by atomic mass is 35.5. The second-order valence-corrected chi connectivity index (χ2v) is 4.48. The molecule has 5 heteroatoms. The summed E-state index contributed by atoms with van der Waals surface area (Å²) in [5, 5.41) is 6.08. The van der Waals surface area contributed by atoms with Gasteiger partial charge in [-0.1, -0.05) is 0 Å². The van der Waals surface area contributed by atoms with E-state index in [0.29, 0.717) is 0 Å². The molecule has 0 saturated carbocycles. The maximum atomic E-state index is 13.3. The van der Waals surface area contributed by atoms with E-state index in [1.165, 1.54) is 12.1 Å². The zero-order chi connectivity index (χ0) is 11.2. The first-order valence-corrected chi connectivity index (χ1v) is 5.55. The Bertz CT molecular complexity index is 458. The SMILES string of the molecule is Cl.O=C1Nc2ccc(F)cc2C12CCNCC2. The van der Waals surface area contributed by atoms with Crippen molar-refractivity contribution >= 4 is 24.0 Å². The van der Waals surface area contributed by atoms with E-state index in [4.69, 9.17) is 0 Å². The van der Waals surface area contributed by atoms with Gasteiger partial charge in [-0.15, -0.1) is 12.4 Å². The number of hydrogen-bond acceptors (Lipinski definition) is 2. The molecule has 0 radical (unpaired) electrons. The molecule has 2 N–H and O–H groups in total. The number of nitrogens with one attached hydrogen (secondary N) is 2. The zero-order valence-corrected chi connectivity index (χ0v) is 10.1. The van der Waals surface area contributed by atoms with Crippen LogP contribution in [0.4, 0.5) is 10.1 Å². The Labute approximate surface area is 105 Å². The van der Waals surface area contributed by atoms with E-state index < -0.39 is 5.41 Å². The van der Waals surface area contributed by atoms with Crippen LogP contribution in [0.25, 0.3) is 0 Å². The summed E-state index contributed by atoms with van der Waals surface area (Å²) in [7, 11) is 0. The molecule has 17 heavy (non-hydrogen) atoms. The molecule has 1 aromatic rings. The van der Waals surface area contributed by atoms with E-state index in [2.05, 4.69) is 10.6 Å². The molecule has 0 atom stereocenters. The Balaban J connectivity index is 0.00000108. The second-order valence-electron chi connectivity index (χ2n) is 4.48. The lowest BCUT2D eigenvalue weighted by Crippen LogP contribution is -2.44. The molecule has 3 nitrogen and oxygen atoms in total. The largest absolute Gasteiger partial charge is 0.325 e. The van der Waals surface area contributed by atoms with Gasteiger partial charge in [0.15, 0.2) is 0 Å². The summed E-state index contributed by atoms with van der Waals surface area (Å²) in [5.74, 6) is -0.247. The van der Waals surface area contributed by atoms with Crippen molar-refractivity contribution in [3.63, 3.8) is 0 Å². The van der Waals surface area contributed by atoms with Crippen LogP contribution in [0.5, 0.6) is 0 Å². The molecule has 0 unspecified atom stereocenters. The number of benzene rings is 1. The quantitative estimate of drug-likeness (QED) is 0.744. The summed E-state index contributed by atoms with van der Waals surface area (Å²) in [4.78, 5) is 12.1. The van der Waals surface area contributed by atoms with Crippen molar-refractivity contribution in [1.82, 2.24) is 5.32 Å². The van der Waals surface area contributed by atoms with Gasteiger partial charge in [-0.3, -0.25) is 4.79 Å². The maximum absolute atomic E-state index is 13.3. The van der Waals surface area contributed by atoms with Gasteiger partial charge in [0.1, 0.15) is 5.82 Å². The maximum Gasteiger partial charge on any atom is 0.235 e. The van der Waals surface area contributed by atoms with Crippen LogP contribution in [0.2, 0.25) is 0 Å². The molecular formula is C12H14ClFN2O. The van der Waals surface area contributed by atoms with E-state index in [0.717, 1.165) is 37.2 Å². The van der Waals surface area contributed by atoms with Crippen LogP contribution in [0.3, 0.4) is 0 Å². The van der Waals surface area contributed by atoms with Crippen molar-refractivity contribution in [2.45, 2.75) is 18.3 Å². The number of rotatable bonds is 0. The topological polar surface area (TPSA) is 41.1 Å². The van der Waals surface area contributed by atoms with E-state index in [9.17, 15) is 9.18 Å². The molecule has 2 aliphatic rings. The number of hydrogen-bond donors (Lipinski definition) is 2. The summed E-state index contributed by atoms with van der Waals surface area (Å²) in [6.07, 6.45) is 1.49. The number of carbonyl (C=O) groups is 1. The minimum atomic E-state index is -0.497. The first-order valence-electron chi connectivity index (χ1n) is 5.55. The molecule has 0 aliphatic carbocycles. The molecule has 2 aliphatic heterocycles. The Hall–Kier alpha value is -1.13. The van der Waals surface area contributed by atoms with E-state index in [1.807, 2.05) is 0 Å². The highest BCUT2D eigenvalue weighted by molar-refractivity contribution is 6.06. The van der Waals surface area contributed by atoms with Crippen molar-refractivity contribution in [2.24, 2.45) is 0 Å². The monoisotopic (exact) mass is 256 g/mol. The zero-order valence-electron chi connectivity index (χ0n) is 9.25. The molecule has 0 aromatic heterocycles. The Morgan fingerprint density at radius 1 is 1.24 bits per heavy atom. The van der Waals surface area contributed by atoms with Crippen LogP contribution < -0.4 is 10.6 Å². The first kappa shape index (κ1) is 12.3. The van der Waals surface area contributed by atoms with Gasteiger partial charge < -0.3 is 10.6 Å². The van der Waals surface area contributed by atoms with Gasteiger partial charge >= 0.3 is 0 Å². The molecule has 1 fully saturated rings. The lowest BCUT2D eigenvalue weighted by Gasteiger charge is -2.31. The second kappa shape index (κ2) is 4.27. The number of piperidine rings is 1. The summed E-state index contributed by atoms with van der Waals surface area (Å²) in [6.45, 7) is 1.62. The molecule has 92 valence electrons. The number of amides is 1. The third-order valence-corrected chi connectivity index (χ3v) is 3.64. The predicted molar refractivity (Wildman–Crippen MR) is 66.1 cm³/mol. The molecule has 1 amide bonds. The van der Waals surface area contributed by atoms with Crippen molar-refractivity contribution in [2.75, 3.05) is 18.4 Å². The summed E-state index contributed by atoms with van der Waals surface area (Å²) >= 11 is 0. The minimum absolute atomic E-state index is 0. The van der Waals surface area contributed by atoms with Crippen molar-refractivity contribution in [1.29, 1.82) is 0 Å². The standard InChI is InChI=1S/C12H13FN2O.ClH/c13-8-1-2-10-9(7-8)12(11(16)15-10)3-5-14-6-4-12;/h1-2,7,14H,3-6H2,(H,15,16);1H. The number of halogens is 2. The van der Waals surface area contributed by atoms with Crippen LogP contribution in [-0.4, -0.2) is 19.0 Å². The smallest absolute Gasteiger partial charge is 0.235 e. The normalized spacial score (nSPS) is 20.6. The fourth-order valence-electron chi connectivity index (χ4n) is 2.74.